The molecule has 5 heteroatoms. The van der Waals surface area contributed by atoms with Gasteiger partial charge in [0.25, 0.3) is 0 Å². The highest BCUT2D eigenvalue weighted by molar-refractivity contribution is 5.91. The van der Waals surface area contributed by atoms with Crippen molar-refractivity contribution in [3.8, 4) is 11.5 Å². The Kier molecular flexibility index (Phi) is 6.22. The summed E-state index contributed by atoms with van der Waals surface area (Å²) < 4.78 is 10.6. The van der Waals surface area contributed by atoms with Crippen LogP contribution in [0.4, 0.5) is 10.5 Å². The van der Waals surface area contributed by atoms with E-state index in [1.54, 1.807) is 20.3 Å². The molecule has 0 aromatic heterocycles. The smallest absolute Gasteiger partial charge is 0.322 e. The molecule has 1 aliphatic heterocycles. The quantitative estimate of drug-likeness (QED) is 0.811. The molecule has 1 saturated heterocycles. The lowest BCUT2D eigenvalue weighted by molar-refractivity contribution is 0.189. The van der Waals surface area contributed by atoms with Crippen molar-refractivity contribution in [3.05, 3.63) is 53.6 Å². The van der Waals surface area contributed by atoms with Gasteiger partial charge in [-0.05, 0) is 37.5 Å². The summed E-state index contributed by atoms with van der Waals surface area (Å²) in [6.07, 6.45) is 4.29. The zero-order valence-corrected chi connectivity index (χ0v) is 16.3. The van der Waals surface area contributed by atoms with Crippen molar-refractivity contribution in [1.82, 2.24) is 4.90 Å². The first-order valence-electron chi connectivity index (χ1n) is 9.48. The van der Waals surface area contributed by atoms with Gasteiger partial charge in [-0.3, -0.25) is 0 Å². The number of nitrogens with one attached hydrogen (secondary N) is 1. The van der Waals surface area contributed by atoms with Crippen LogP contribution in [0.2, 0.25) is 0 Å². The number of rotatable bonds is 4. The van der Waals surface area contributed by atoms with E-state index in [0.717, 1.165) is 32.2 Å². The first-order chi connectivity index (χ1) is 13.1. The molecule has 1 fully saturated rings. The van der Waals surface area contributed by atoms with Gasteiger partial charge in [0.1, 0.15) is 11.5 Å². The van der Waals surface area contributed by atoms with Gasteiger partial charge >= 0.3 is 6.03 Å². The van der Waals surface area contributed by atoms with Gasteiger partial charge in [-0.25, -0.2) is 4.79 Å². The van der Waals surface area contributed by atoms with Gasteiger partial charge < -0.3 is 19.7 Å². The van der Waals surface area contributed by atoms with Crippen LogP contribution in [0, 0.1) is 6.92 Å². The maximum atomic E-state index is 13.1. The van der Waals surface area contributed by atoms with E-state index in [1.807, 2.05) is 17.0 Å². The SMILES string of the molecule is COc1ccc(NC(=O)N2CCCCCC2c2cccc(C)c2)c(OC)c1. The average Bonchev–Trinajstić information content (AvgIpc) is 2.94. The molecule has 0 spiro atoms. The lowest BCUT2D eigenvalue weighted by Gasteiger charge is -2.31. The molecule has 0 radical (unpaired) electrons. The molecule has 1 unspecified atom stereocenters. The number of hydrogen-bond donors (Lipinski definition) is 1. The van der Waals surface area contributed by atoms with Gasteiger partial charge in [0, 0.05) is 12.6 Å². The first-order valence-corrected chi connectivity index (χ1v) is 9.48. The molecule has 1 aliphatic rings. The van der Waals surface area contributed by atoms with E-state index in [2.05, 4.69) is 36.5 Å². The summed E-state index contributed by atoms with van der Waals surface area (Å²) in [5.74, 6) is 1.28. The molecule has 3 rings (SSSR count). The summed E-state index contributed by atoms with van der Waals surface area (Å²) in [5, 5.41) is 3.03. The van der Waals surface area contributed by atoms with E-state index in [1.165, 1.54) is 11.1 Å². The highest BCUT2D eigenvalue weighted by atomic mass is 16.5. The Labute approximate surface area is 161 Å². The molecule has 1 atom stereocenters. The van der Waals surface area contributed by atoms with Crippen LogP contribution in [0.1, 0.15) is 42.9 Å². The molecule has 2 aromatic carbocycles. The lowest BCUT2D eigenvalue weighted by Crippen LogP contribution is -2.38. The summed E-state index contributed by atoms with van der Waals surface area (Å²) in [4.78, 5) is 15.1. The predicted molar refractivity (Wildman–Crippen MR) is 108 cm³/mol. The molecule has 0 bridgehead atoms. The van der Waals surface area contributed by atoms with Crippen molar-refractivity contribution in [3.63, 3.8) is 0 Å². The molecule has 144 valence electrons. The number of aryl methyl sites for hydroxylation is 1. The van der Waals surface area contributed by atoms with Crippen LogP contribution >= 0.6 is 0 Å². The molecule has 1 heterocycles. The van der Waals surface area contributed by atoms with Crippen molar-refractivity contribution >= 4 is 11.7 Å². The Hall–Kier alpha value is -2.69. The van der Waals surface area contributed by atoms with Crippen molar-refractivity contribution in [2.45, 2.75) is 38.6 Å². The number of nitrogens with zero attached hydrogens (tertiary/aromatic N) is 1. The second-order valence-corrected chi connectivity index (χ2v) is 6.97. The van der Waals surface area contributed by atoms with E-state index in [9.17, 15) is 4.79 Å². The Balaban J connectivity index is 1.84. The summed E-state index contributed by atoms with van der Waals surface area (Å²) in [6.45, 7) is 2.84. The third-order valence-corrected chi connectivity index (χ3v) is 5.09. The second kappa shape index (κ2) is 8.80. The fourth-order valence-corrected chi connectivity index (χ4v) is 3.66. The Morgan fingerprint density at radius 3 is 2.67 bits per heavy atom. The topological polar surface area (TPSA) is 50.8 Å². The molecule has 27 heavy (non-hydrogen) atoms. The Morgan fingerprint density at radius 1 is 1.07 bits per heavy atom. The van der Waals surface area contributed by atoms with Crippen LogP contribution in [-0.4, -0.2) is 31.7 Å². The number of urea groups is 1. The van der Waals surface area contributed by atoms with E-state index in [4.69, 9.17) is 9.47 Å². The fourth-order valence-electron chi connectivity index (χ4n) is 3.66. The molecule has 2 aromatic rings. The minimum Gasteiger partial charge on any atom is -0.497 e. The summed E-state index contributed by atoms with van der Waals surface area (Å²) in [5.41, 5.74) is 3.07. The van der Waals surface area contributed by atoms with Gasteiger partial charge in [-0.15, -0.1) is 0 Å². The van der Waals surface area contributed by atoms with Gasteiger partial charge in [-0.2, -0.15) is 0 Å². The largest absolute Gasteiger partial charge is 0.497 e. The van der Waals surface area contributed by atoms with Crippen LogP contribution in [-0.2, 0) is 0 Å². The number of ether oxygens (including phenoxy) is 2. The van der Waals surface area contributed by atoms with Crippen LogP contribution in [0.3, 0.4) is 0 Å². The lowest BCUT2D eigenvalue weighted by atomic mass is 9.99. The minimum absolute atomic E-state index is 0.0909. The highest BCUT2D eigenvalue weighted by Gasteiger charge is 2.27. The number of benzene rings is 2. The average molecular weight is 368 g/mol. The highest BCUT2D eigenvalue weighted by Crippen LogP contribution is 2.33. The van der Waals surface area contributed by atoms with Gasteiger partial charge in [0.15, 0.2) is 0 Å². The molecule has 0 aliphatic carbocycles. The summed E-state index contributed by atoms with van der Waals surface area (Å²) >= 11 is 0. The number of likely N-dealkylation sites (tertiary alicyclic amines) is 1. The van der Waals surface area contributed by atoms with Crippen molar-refractivity contribution in [1.29, 1.82) is 0 Å². The maximum absolute atomic E-state index is 13.1. The maximum Gasteiger partial charge on any atom is 0.322 e. The second-order valence-electron chi connectivity index (χ2n) is 6.97. The predicted octanol–water partition coefficient (Wildman–Crippen LogP) is 5.16. The summed E-state index contributed by atoms with van der Waals surface area (Å²) in [6, 6.07) is 13.9. The van der Waals surface area contributed by atoms with Gasteiger partial charge in [0.2, 0.25) is 0 Å². The minimum atomic E-state index is -0.0909. The fraction of sp³-hybridized carbons (Fsp3) is 0.409. The van der Waals surface area contributed by atoms with Crippen LogP contribution in [0.25, 0.3) is 0 Å². The van der Waals surface area contributed by atoms with Crippen molar-refractivity contribution in [2.75, 3.05) is 26.1 Å². The van der Waals surface area contributed by atoms with Crippen molar-refractivity contribution < 1.29 is 14.3 Å². The number of anilines is 1. The number of hydrogen-bond acceptors (Lipinski definition) is 3. The number of methoxy groups -OCH3 is 2. The number of carbonyl (C=O) groups is 1. The van der Waals surface area contributed by atoms with Crippen molar-refractivity contribution in [2.24, 2.45) is 0 Å². The van der Waals surface area contributed by atoms with Crippen LogP contribution < -0.4 is 14.8 Å². The molecule has 0 saturated carbocycles. The number of amides is 2. The number of carbonyl (C=O) groups excluding carboxylic acids is 1. The molecule has 5 nitrogen and oxygen atoms in total. The zero-order chi connectivity index (χ0) is 19.2. The molecular formula is C22H28N2O3. The standard InChI is InChI=1S/C22H28N2O3/c1-16-8-7-9-17(14-16)20-10-5-4-6-13-24(20)22(25)23-19-12-11-18(26-2)15-21(19)27-3/h7-9,11-12,14-15,20H,4-6,10,13H2,1-3H3,(H,23,25). The third-order valence-electron chi connectivity index (χ3n) is 5.09. The van der Waals surface area contributed by atoms with Gasteiger partial charge in [0.05, 0.1) is 25.9 Å². The van der Waals surface area contributed by atoms with E-state index in [0.29, 0.717) is 17.2 Å². The molecule has 2 amide bonds. The normalized spacial score (nSPS) is 17.1. The third kappa shape index (κ3) is 4.54. The van der Waals surface area contributed by atoms with E-state index in [-0.39, 0.29) is 12.1 Å². The van der Waals surface area contributed by atoms with Crippen LogP contribution in [0.15, 0.2) is 42.5 Å². The Bertz CT molecular complexity index is 791. The van der Waals surface area contributed by atoms with Gasteiger partial charge in [-0.1, -0.05) is 42.7 Å². The summed E-state index contributed by atoms with van der Waals surface area (Å²) in [7, 11) is 3.20. The zero-order valence-electron chi connectivity index (χ0n) is 16.3. The Morgan fingerprint density at radius 2 is 1.93 bits per heavy atom. The van der Waals surface area contributed by atoms with E-state index >= 15 is 0 Å². The molecule has 1 N–H and O–H groups in total. The van der Waals surface area contributed by atoms with E-state index < -0.39 is 0 Å². The van der Waals surface area contributed by atoms with Crippen LogP contribution in [0.5, 0.6) is 11.5 Å². The monoisotopic (exact) mass is 368 g/mol. The first kappa shape index (κ1) is 19.1. The molecular weight excluding hydrogens is 340 g/mol.